The number of aliphatic hydroxyl groups is 1. The molecule has 2 rings (SSSR count). The molecule has 0 bridgehead atoms. The summed E-state index contributed by atoms with van der Waals surface area (Å²) in [6.45, 7) is 14.5. The molecule has 1 aromatic heterocycles. The van der Waals surface area contributed by atoms with Crippen molar-refractivity contribution in [2.24, 2.45) is 0 Å². The van der Waals surface area contributed by atoms with Crippen LogP contribution >= 0.6 is 0 Å². The summed E-state index contributed by atoms with van der Waals surface area (Å²) in [5.41, 5.74) is 2.86. The fraction of sp³-hybridized carbons (Fsp3) is 0.350. The summed E-state index contributed by atoms with van der Waals surface area (Å²) in [4.78, 5) is 15.9. The highest BCUT2D eigenvalue weighted by atomic mass is 16.3. The van der Waals surface area contributed by atoms with Gasteiger partial charge in [-0.15, -0.1) is 11.6 Å². The SMILES string of the molecule is [C-]#[N+]c1ccc(CC(=O)[C@@](C)(O)C[n+]2[c-]c(C)c(C)cc2)cc1C. The molecule has 0 radical (unpaired) electrons. The van der Waals surface area contributed by atoms with E-state index in [2.05, 4.69) is 11.0 Å². The van der Waals surface area contributed by atoms with Crippen molar-refractivity contribution in [1.82, 2.24) is 0 Å². The van der Waals surface area contributed by atoms with Crippen LogP contribution in [0.2, 0.25) is 0 Å². The van der Waals surface area contributed by atoms with E-state index < -0.39 is 5.60 Å². The first kappa shape index (κ1) is 17.8. The highest BCUT2D eigenvalue weighted by molar-refractivity contribution is 5.88. The molecular formula is C20H22N2O2. The lowest BCUT2D eigenvalue weighted by atomic mass is 9.94. The lowest BCUT2D eigenvalue weighted by Gasteiger charge is -2.21. The molecule has 0 amide bonds. The third-order valence-electron chi connectivity index (χ3n) is 4.23. The number of hydrogen-bond acceptors (Lipinski definition) is 2. The van der Waals surface area contributed by atoms with Gasteiger partial charge in [0.05, 0.1) is 12.8 Å². The van der Waals surface area contributed by atoms with Gasteiger partial charge in [-0.1, -0.05) is 37.6 Å². The van der Waals surface area contributed by atoms with Crippen LogP contribution in [-0.2, 0) is 17.8 Å². The molecule has 0 spiro atoms. The Balaban J connectivity index is 2.13. The van der Waals surface area contributed by atoms with Crippen molar-refractivity contribution in [2.45, 2.75) is 46.3 Å². The predicted molar refractivity (Wildman–Crippen MR) is 91.7 cm³/mol. The maximum atomic E-state index is 12.5. The zero-order valence-electron chi connectivity index (χ0n) is 14.6. The standard InChI is InChI=1S/C20H22N2O2/c1-14-8-9-22(12-16(14)3)13-20(4,24)19(23)11-17-6-7-18(21-5)15(2)10-17/h6-10,24H,11,13H2,1-4H3/t20-/m0/s1. The minimum absolute atomic E-state index is 0.136. The van der Waals surface area contributed by atoms with Crippen LogP contribution in [-0.4, -0.2) is 16.5 Å². The number of benzene rings is 1. The summed E-state index contributed by atoms with van der Waals surface area (Å²) in [7, 11) is 0. The van der Waals surface area contributed by atoms with Crippen LogP contribution < -0.4 is 4.57 Å². The van der Waals surface area contributed by atoms with Gasteiger partial charge in [-0.05, 0) is 25.0 Å². The first-order chi connectivity index (χ1) is 11.2. The highest BCUT2D eigenvalue weighted by Crippen LogP contribution is 2.21. The number of pyridine rings is 1. The summed E-state index contributed by atoms with van der Waals surface area (Å²) < 4.78 is 1.72. The number of nitrogens with zero attached hydrogens (tertiary/aromatic N) is 2. The number of aromatic nitrogens is 1. The molecule has 24 heavy (non-hydrogen) atoms. The van der Waals surface area contributed by atoms with Crippen LogP contribution in [0.1, 0.15) is 29.2 Å². The van der Waals surface area contributed by atoms with Crippen molar-refractivity contribution >= 4 is 11.5 Å². The van der Waals surface area contributed by atoms with Crippen molar-refractivity contribution in [3.05, 3.63) is 70.3 Å². The maximum Gasteiger partial charge on any atom is 0.190 e. The Morgan fingerprint density at radius 3 is 2.58 bits per heavy atom. The van der Waals surface area contributed by atoms with Crippen LogP contribution in [0.5, 0.6) is 0 Å². The molecule has 0 aliphatic heterocycles. The summed E-state index contributed by atoms with van der Waals surface area (Å²) in [5.74, 6) is -0.253. The van der Waals surface area contributed by atoms with Gasteiger partial charge in [0.1, 0.15) is 6.20 Å². The molecule has 0 saturated carbocycles. The van der Waals surface area contributed by atoms with Gasteiger partial charge < -0.3 is 9.67 Å². The summed E-state index contributed by atoms with van der Waals surface area (Å²) in [6, 6.07) is 7.25. The second-order valence-electron chi connectivity index (χ2n) is 6.47. The number of Topliss-reactive ketones (excluding diaryl/α,β-unsaturated/α-hetero) is 1. The molecule has 0 fully saturated rings. The second-order valence-corrected chi connectivity index (χ2v) is 6.47. The van der Waals surface area contributed by atoms with Crippen LogP contribution in [0.4, 0.5) is 5.69 Å². The van der Waals surface area contributed by atoms with Gasteiger partial charge in [0.25, 0.3) is 0 Å². The highest BCUT2D eigenvalue weighted by Gasteiger charge is 2.33. The molecule has 2 aromatic rings. The van der Waals surface area contributed by atoms with E-state index in [0.29, 0.717) is 5.69 Å². The van der Waals surface area contributed by atoms with Crippen molar-refractivity contribution < 1.29 is 14.5 Å². The predicted octanol–water partition coefficient (Wildman–Crippen LogP) is 2.81. The third-order valence-corrected chi connectivity index (χ3v) is 4.23. The molecule has 124 valence electrons. The lowest BCUT2D eigenvalue weighted by Crippen LogP contribution is -2.51. The second kappa shape index (κ2) is 6.94. The van der Waals surface area contributed by atoms with E-state index in [9.17, 15) is 9.90 Å². The Bertz CT molecular complexity index is 817. The van der Waals surface area contributed by atoms with Crippen LogP contribution in [0.15, 0.2) is 30.5 Å². The zero-order valence-corrected chi connectivity index (χ0v) is 14.6. The van der Waals surface area contributed by atoms with Crippen LogP contribution in [0.3, 0.4) is 0 Å². The van der Waals surface area contributed by atoms with Crippen LogP contribution in [0.25, 0.3) is 4.85 Å². The fourth-order valence-electron chi connectivity index (χ4n) is 2.51. The average Bonchev–Trinajstić information content (AvgIpc) is 2.51. The van der Waals surface area contributed by atoms with E-state index in [1.54, 1.807) is 16.7 Å². The number of hydrogen-bond donors (Lipinski definition) is 1. The first-order valence-corrected chi connectivity index (χ1v) is 7.84. The summed E-state index contributed by atoms with van der Waals surface area (Å²) in [6.07, 6.45) is 5.10. The van der Waals surface area contributed by atoms with Crippen molar-refractivity contribution in [3.63, 3.8) is 0 Å². The summed E-state index contributed by atoms with van der Waals surface area (Å²) in [5, 5.41) is 10.6. The normalized spacial score (nSPS) is 13.2. The van der Waals surface area contributed by atoms with Crippen molar-refractivity contribution in [1.29, 1.82) is 0 Å². The molecule has 4 nitrogen and oxygen atoms in total. The Hall–Kier alpha value is -2.51. The molecule has 1 atom stereocenters. The van der Waals surface area contributed by atoms with Gasteiger partial charge in [-0.25, -0.2) is 4.85 Å². The third kappa shape index (κ3) is 4.06. The van der Waals surface area contributed by atoms with E-state index in [-0.39, 0.29) is 18.7 Å². The maximum absolute atomic E-state index is 12.5. The minimum atomic E-state index is -1.48. The zero-order chi connectivity index (χ0) is 17.9. The smallest absolute Gasteiger partial charge is 0.190 e. The molecule has 0 unspecified atom stereocenters. The number of rotatable bonds is 5. The quantitative estimate of drug-likeness (QED) is 0.679. The molecule has 4 heteroatoms. The lowest BCUT2D eigenvalue weighted by molar-refractivity contribution is -0.711. The number of ketones is 1. The van der Waals surface area contributed by atoms with E-state index in [0.717, 1.165) is 22.3 Å². The van der Waals surface area contributed by atoms with E-state index in [1.807, 2.05) is 39.1 Å². The molecule has 0 aliphatic carbocycles. The Morgan fingerprint density at radius 1 is 1.29 bits per heavy atom. The van der Waals surface area contributed by atoms with E-state index in [1.165, 1.54) is 6.92 Å². The van der Waals surface area contributed by atoms with Gasteiger partial charge >= 0.3 is 0 Å². The van der Waals surface area contributed by atoms with Gasteiger partial charge in [-0.2, -0.15) is 0 Å². The monoisotopic (exact) mass is 322 g/mol. The molecular weight excluding hydrogens is 300 g/mol. The number of carbonyl (C=O) groups is 1. The average molecular weight is 322 g/mol. The fourth-order valence-corrected chi connectivity index (χ4v) is 2.51. The first-order valence-electron chi connectivity index (χ1n) is 7.84. The summed E-state index contributed by atoms with van der Waals surface area (Å²) >= 11 is 0. The molecule has 0 aliphatic rings. The number of aryl methyl sites for hydroxylation is 3. The Kier molecular flexibility index (Phi) is 5.16. The minimum Gasteiger partial charge on any atom is -0.376 e. The largest absolute Gasteiger partial charge is 0.376 e. The molecule has 1 N–H and O–H groups in total. The van der Waals surface area contributed by atoms with E-state index >= 15 is 0 Å². The van der Waals surface area contributed by atoms with Crippen molar-refractivity contribution in [3.8, 4) is 0 Å². The van der Waals surface area contributed by atoms with Gasteiger partial charge in [0, 0.05) is 6.42 Å². The molecule has 0 saturated heterocycles. The molecule has 1 aromatic carbocycles. The van der Waals surface area contributed by atoms with Gasteiger partial charge in [0.2, 0.25) is 0 Å². The van der Waals surface area contributed by atoms with Crippen LogP contribution in [0, 0.1) is 33.5 Å². The van der Waals surface area contributed by atoms with Gasteiger partial charge in [0.15, 0.2) is 23.6 Å². The Morgan fingerprint density at radius 2 is 2.00 bits per heavy atom. The van der Waals surface area contributed by atoms with E-state index in [4.69, 9.17) is 6.57 Å². The topological polar surface area (TPSA) is 45.5 Å². The number of carbonyl (C=O) groups excluding carboxylic acids is 1. The molecule has 1 heterocycles. The van der Waals surface area contributed by atoms with Gasteiger partial charge in [-0.3, -0.25) is 4.79 Å². The Labute approximate surface area is 143 Å². The van der Waals surface area contributed by atoms with Crippen molar-refractivity contribution in [2.75, 3.05) is 0 Å².